The van der Waals surface area contributed by atoms with E-state index in [1.807, 2.05) is 30.3 Å². The molecule has 0 nitrogen and oxygen atoms in total. The molecule has 0 aliphatic rings. The quantitative estimate of drug-likeness (QED) is 0.590. The number of hydrogen-bond acceptors (Lipinski definition) is 0. The van der Waals surface area contributed by atoms with Gasteiger partial charge in [-0.15, -0.1) is 0 Å². The highest BCUT2D eigenvalue weighted by Crippen LogP contribution is 2.20. The van der Waals surface area contributed by atoms with Crippen LogP contribution in [0.4, 0.5) is 0 Å². The zero-order valence-electron chi connectivity index (χ0n) is 10.7. The SMILES string of the molecule is CC(C)(C)c1ccccc1.Clc1ccccc1. The fourth-order valence-electron chi connectivity index (χ4n) is 1.35. The molecule has 0 spiro atoms. The first-order valence-corrected chi connectivity index (χ1v) is 6.14. The first-order chi connectivity index (χ1) is 8.00. The summed E-state index contributed by atoms with van der Waals surface area (Å²) >= 11 is 5.54. The Bertz CT molecular complexity index is 412. The molecule has 0 aliphatic carbocycles. The average molecular weight is 247 g/mol. The molecule has 2 aromatic rings. The van der Waals surface area contributed by atoms with Gasteiger partial charge in [-0.05, 0) is 23.1 Å². The van der Waals surface area contributed by atoms with Gasteiger partial charge in [0.2, 0.25) is 0 Å². The zero-order chi connectivity index (χ0) is 12.7. The fraction of sp³-hybridized carbons (Fsp3) is 0.250. The van der Waals surface area contributed by atoms with Crippen LogP contribution in [0, 0.1) is 0 Å². The van der Waals surface area contributed by atoms with Crippen molar-refractivity contribution < 1.29 is 0 Å². The lowest BCUT2D eigenvalue weighted by atomic mass is 9.87. The fourth-order valence-corrected chi connectivity index (χ4v) is 1.50. The summed E-state index contributed by atoms with van der Waals surface area (Å²) in [6, 6.07) is 20.0. The molecule has 0 saturated carbocycles. The van der Waals surface area contributed by atoms with E-state index in [-0.39, 0.29) is 0 Å². The van der Waals surface area contributed by atoms with E-state index in [9.17, 15) is 0 Å². The van der Waals surface area contributed by atoms with Crippen molar-refractivity contribution in [2.75, 3.05) is 0 Å². The molecule has 0 unspecified atom stereocenters. The zero-order valence-corrected chi connectivity index (χ0v) is 11.4. The maximum absolute atomic E-state index is 5.54. The van der Waals surface area contributed by atoms with Gasteiger partial charge in [0.25, 0.3) is 0 Å². The molecule has 0 aliphatic heterocycles. The summed E-state index contributed by atoms with van der Waals surface area (Å²) in [5.41, 5.74) is 1.69. The number of halogens is 1. The van der Waals surface area contributed by atoms with Crippen LogP contribution in [0.2, 0.25) is 5.02 Å². The summed E-state index contributed by atoms with van der Waals surface area (Å²) in [6.07, 6.45) is 0. The van der Waals surface area contributed by atoms with Gasteiger partial charge >= 0.3 is 0 Å². The van der Waals surface area contributed by atoms with Gasteiger partial charge in [0.05, 0.1) is 0 Å². The molecule has 0 saturated heterocycles. The summed E-state index contributed by atoms with van der Waals surface area (Å²) in [6.45, 7) is 6.67. The second-order valence-electron chi connectivity index (χ2n) is 4.91. The van der Waals surface area contributed by atoms with Crippen LogP contribution in [0.15, 0.2) is 60.7 Å². The minimum atomic E-state index is 0.293. The predicted molar refractivity (Wildman–Crippen MR) is 76.6 cm³/mol. The van der Waals surface area contributed by atoms with Crippen LogP contribution in [0.3, 0.4) is 0 Å². The summed E-state index contributed by atoms with van der Waals surface area (Å²) < 4.78 is 0. The lowest BCUT2D eigenvalue weighted by Crippen LogP contribution is -2.10. The lowest BCUT2D eigenvalue weighted by molar-refractivity contribution is 0.590. The molecular weight excluding hydrogens is 228 g/mol. The van der Waals surface area contributed by atoms with Gasteiger partial charge < -0.3 is 0 Å². The van der Waals surface area contributed by atoms with Gasteiger partial charge in [-0.25, -0.2) is 0 Å². The van der Waals surface area contributed by atoms with Crippen LogP contribution >= 0.6 is 11.6 Å². The van der Waals surface area contributed by atoms with Crippen LogP contribution in [-0.2, 0) is 5.41 Å². The van der Waals surface area contributed by atoms with E-state index in [0.29, 0.717) is 5.41 Å². The first kappa shape index (κ1) is 13.8. The Morgan fingerprint density at radius 3 is 1.35 bits per heavy atom. The topological polar surface area (TPSA) is 0 Å². The van der Waals surface area contributed by atoms with E-state index >= 15 is 0 Å². The second-order valence-corrected chi connectivity index (χ2v) is 5.35. The molecule has 1 heteroatoms. The van der Waals surface area contributed by atoms with Crippen molar-refractivity contribution >= 4 is 11.6 Å². The van der Waals surface area contributed by atoms with Crippen LogP contribution in [0.1, 0.15) is 26.3 Å². The standard InChI is InChI=1S/C10H14.C6H5Cl/c1-10(2,3)9-7-5-4-6-8-9;7-6-4-2-1-3-5-6/h4-8H,1-3H3;1-5H. The second kappa shape index (κ2) is 6.46. The molecule has 2 aromatic carbocycles. The summed E-state index contributed by atoms with van der Waals surface area (Å²) in [7, 11) is 0. The van der Waals surface area contributed by atoms with Crippen molar-refractivity contribution in [3.8, 4) is 0 Å². The Hall–Kier alpha value is -1.27. The van der Waals surface area contributed by atoms with Crippen LogP contribution in [0.25, 0.3) is 0 Å². The molecule has 0 atom stereocenters. The Morgan fingerprint density at radius 1 is 0.706 bits per heavy atom. The molecule has 0 amide bonds. The molecule has 17 heavy (non-hydrogen) atoms. The Labute approximate surface area is 109 Å². The highest BCUT2D eigenvalue weighted by atomic mass is 35.5. The van der Waals surface area contributed by atoms with Crippen molar-refractivity contribution in [2.45, 2.75) is 26.2 Å². The van der Waals surface area contributed by atoms with Crippen molar-refractivity contribution in [3.05, 3.63) is 71.2 Å². The maximum Gasteiger partial charge on any atom is 0.0405 e. The lowest BCUT2D eigenvalue weighted by Gasteiger charge is -2.18. The van der Waals surface area contributed by atoms with Gasteiger partial charge in [-0.3, -0.25) is 0 Å². The summed E-state index contributed by atoms with van der Waals surface area (Å²) in [4.78, 5) is 0. The van der Waals surface area contributed by atoms with E-state index < -0.39 is 0 Å². The highest BCUT2D eigenvalue weighted by Gasteiger charge is 2.11. The van der Waals surface area contributed by atoms with E-state index in [0.717, 1.165) is 5.02 Å². The minimum Gasteiger partial charge on any atom is -0.0843 e. The molecule has 2 rings (SSSR count). The minimum absolute atomic E-state index is 0.293. The van der Waals surface area contributed by atoms with Crippen molar-refractivity contribution in [2.24, 2.45) is 0 Å². The van der Waals surface area contributed by atoms with Gasteiger partial charge in [0, 0.05) is 5.02 Å². The Morgan fingerprint density at radius 2 is 1.12 bits per heavy atom. The van der Waals surface area contributed by atoms with Gasteiger partial charge in [0.1, 0.15) is 0 Å². The van der Waals surface area contributed by atoms with Crippen molar-refractivity contribution in [3.63, 3.8) is 0 Å². The van der Waals surface area contributed by atoms with Gasteiger partial charge in [-0.2, -0.15) is 0 Å². The molecule has 0 fully saturated rings. The van der Waals surface area contributed by atoms with Gasteiger partial charge in [-0.1, -0.05) is 80.9 Å². The molecule has 0 aromatic heterocycles. The van der Waals surface area contributed by atoms with E-state index in [4.69, 9.17) is 11.6 Å². The van der Waals surface area contributed by atoms with E-state index in [2.05, 4.69) is 51.1 Å². The maximum atomic E-state index is 5.54. The molecule has 0 heterocycles. The Balaban J connectivity index is 0.000000181. The number of hydrogen-bond donors (Lipinski definition) is 0. The summed E-state index contributed by atoms with van der Waals surface area (Å²) in [5, 5.41) is 0.794. The molecular formula is C16H19Cl. The van der Waals surface area contributed by atoms with Crippen molar-refractivity contribution in [1.82, 2.24) is 0 Å². The highest BCUT2D eigenvalue weighted by molar-refractivity contribution is 6.30. The third kappa shape index (κ3) is 5.55. The van der Waals surface area contributed by atoms with E-state index in [1.54, 1.807) is 0 Å². The molecule has 0 bridgehead atoms. The van der Waals surface area contributed by atoms with Crippen LogP contribution in [-0.4, -0.2) is 0 Å². The molecule has 0 radical (unpaired) electrons. The summed E-state index contributed by atoms with van der Waals surface area (Å²) in [5.74, 6) is 0. The normalized spacial score (nSPS) is 10.4. The Kier molecular flexibility index (Phi) is 5.24. The van der Waals surface area contributed by atoms with Gasteiger partial charge in [0.15, 0.2) is 0 Å². The first-order valence-electron chi connectivity index (χ1n) is 5.76. The van der Waals surface area contributed by atoms with E-state index in [1.165, 1.54) is 5.56 Å². The average Bonchev–Trinajstić information content (AvgIpc) is 2.31. The number of benzene rings is 2. The molecule has 0 N–H and O–H groups in total. The molecule has 90 valence electrons. The van der Waals surface area contributed by atoms with Crippen LogP contribution < -0.4 is 0 Å². The third-order valence-corrected chi connectivity index (χ3v) is 2.62. The largest absolute Gasteiger partial charge is 0.0843 e. The smallest absolute Gasteiger partial charge is 0.0405 e. The number of rotatable bonds is 0. The van der Waals surface area contributed by atoms with Crippen molar-refractivity contribution in [1.29, 1.82) is 0 Å². The predicted octanol–water partition coefficient (Wildman–Crippen LogP) is 5.32. The monoisotopic (exact) mass is 246 g/mol. The third-order valence-electron chi connectivity index (χ3n) is 2.37. The van der Waals surface area contributed by atoms with Crippen LogP contribution in [0.5, 0.6) is 0 Å².